The lowest BCUT2D eigenvalue weighted by atomic mass is 10.1. The molecule has 0 bridgehead atoms. The molecule has 0 saturated heterocycles. The minimum atomic E-state index is 0.704. The molecule has 1 N–H and O–H groups in total. The highest BCUT2D eigenvalue weighted by atomic mass is 15.1. The molecule has 2 heterocycles. The number of hydrogen-bond donors (Lipinski definition) is 1. The van der Waals surface area contributed by atoms with E-state index in [4.69, 9.17) is 0 Å². The van der Waals surface area contributed by atoms with Crippen molar-refractivity contribution >= 4 is 0 Å². The predicted octanol–water partition coefficient (Wildman–Crippen LogP) is 2.60. The first-order valence-electron chi connectivity index (χ1n) is 5.72. The molecule has 0 aliphatic carbocycles. The summed E-state index contributed by atoms with van der Waals surface area (Å²) in [5.41, 5.74) is 2.09. The van der Waals surface area contributed by atoms with Gasteiger partial charge in [-0.15, -0.1) is 0 Å². The van der Waals surface area contributed by atoms with E-state index in [2.05, 4.69) is 27.1 Å². The Balaban J connectivity index is 2.13. The Hall–Kier alpha value is -1.71. The van der Waals surface area contributed by atoms with Crippen molar-refractivity contribution in [3.05, 3.63) is 30.2 Å². The zero-order valence-corrected chi connectivity index (χ0v) is 9.48. The Bertz CT molecular complexity index is 422. The second kappa shape index (κ2) is 5.39. The number of aromatic nitrogens is 4. The van der Waals surface area contributed by atoms with Gasteiger partial charge in [-0.1, -0.05) is 19.8 Å². The smallest absolute Gasteiger partial charge is 0.180 e. The van der Waals surface area contributed by atoms with E-state index >= 15 is 0 Å². The standard InChI is InChI=1S/C12H16N4/c1-2-3-4-6-10-9-15-16-11(10)12-13-7-5-8-14-12/h5,7-9H,2-4,6H2,1H3,(H,15,16). The van der Waals surface area contributed by atoms with Gasteiger partial charge in [0.2, 0.25) is 0 Å². The van der Waals surface area contributed by atoms with Crippen LogP contribution in [0.4, 0.5) is 0 Å². The SMILES string of the molecule is CCCCCc1c[nH]nc1-c1ncccn1. The quantitative estimate of drug-likeness (QED) is 0.781. The molecule has 2 aromatic heterocycles. The van der Waals surface area contributed by atoms with E-state index in [0.717, 1.165) is 12.1 Å². The fraction of sp³-hybridized carbons (Fsp3) is 0.417. The highest BCUT2D eigenvalue weighted by Crippen LogP contribution is 2.18. The van der Waals surface area contributed by atoms with Crippen LogP contribution in [-0.4, -0.2) is 20.2 Å². The van der Waals surface area contributed by atoms with Crippen molar-refractivity contribution in [2.75, 3.05) is 0 Å². The molecule has 0 saturated carbocycles. The number of unbranched alkanes of at least 4 members (excludes halogenated alkanes) is 2. The van der Waals surface area contributed by atoms with E-state index in [9.17, 15) is 0 Å². The summed E-state index contributed by atoms with van der Waals surface area (Å²) in [6.07, 6.45) is 10.1. The third-order valence-corrected chi connectivity index (χ3v) is 2.55. The molecular formula is C12H16N4. The molecule has 2 aromatic rings. The van der Waals surface area contributed by atoms with Crippen LogP contribution in [0.3, 0.4) is 0 Å². The molecule has 0 fully saturated rings. The number of hydrogen-bond acceptors (Lipinski definition) is 3. The van der Waals surface area contributed by atoms with Gasteiger partial charge in [-0.3, -0.25) is 5.10 Å². The zero-order chi connectivity index (χ0) is 11.2. The largest absolute Gasteiger partial charge is 0.285 e. The Kier molecular flexibility index (Phi) is 3.64. The molecule has 0 unspecified atom stereocenters. The maximum absolute atomic E-state index is 4.22. The summed E-state index contributed by atoms with van der Waals surface area (Å²) in [7, 11) is 0. The Morgan fingerprint density at radius 3 is 2.75 bits per heavy atom. The molecule has 0 amide bonds. The zero-order valence-electron chi connectivity index (χ0n) is 9.48. The third kappa shape index (κ3) is 2.45. The number of aromatic amines is 1. The fourth-order valence-electron chi connectivity index (χ4n) is 1.69. The monoisotopic (exact) mass is 216 g/mol. The maximum Gasteiger partial charge on any atom is 0.180 e. The summed E-state index contributed by atoms with van der Waals surface area (Å²) in [5, 5.41) is 7.11. The van der Waals surface area contributed by atoms with Gasteiger partial charge < -0.3 is 0 Å². The summed E-state index contributed by atoms with van der Waals surface area (Å²) in [6.45, 7) is 2.20. The van der Waals surface area contributed by atoms with Crippen molar-refractivity contribution in [1.82, 2.24) is 20.2 Å². The summed E-state index contributed by atoms with van der Waals surface area (Å²) in [4.78, 5) is 8.43. The fourth-order valence-corrected chi connectivity index (χ4v) is 1.69. The van der Waals surface area contributed by atoms with Gasteiger partial charge in [0, 0.05) is 24.2 Å². The van der Waals surface area contributed by atoms with Gasteiger partial charge in [0.05, 0.1) is 0 Å². The van der Waals surface area contributed by atoms with E-state index in [1.807, 2.05) is 12.3 Å². The van der Waals surface area contributed by atoms with Gasteiger partial charge in [0.1, 0.15) is 5.69 Å². The van der Waals surface area contributed by atoms with Gasteiger partial charge >= 0.3 is 0 Å². The lowest BCUT2D eigenvalue weighted by molar-refractivity contribution is 0.718. The molecule has 4 nitrogen and oxygen atoms in total. The highest BCUT2D eigenvalue weighted by Gasteiger charge is 2.09. The Morgan fingerprint density at radius 1 is 1.19 bits per heavy atom. The minimum absolute atomic E-state index is 0.704. The average molecular weight is 216 g/mol. The number of aryl methyl sites for hydroxylation is 1. The molecule has 0 aliphatic rings. The third-order valence-electron chi connectivity index (χ3n) is 2.55. The molecule has 0 aromatic carbocycles. The summed E-state index contributed by atoms with van der Waals surface area (Å²) in [6, 6.07) is 1.81. The van der Waals surface area contributed by atoms with E-state index in [0.29, 0.717) is 5.82 Å². The van der Waals surface area contributed by atoms with Crippen LogP contribution in [0.1, 0.15) is 31.7 Å². The van der Waals surface area contributed by atoms with E-state index in [1.54, 1.807) is 12.4 Å². The summed E-state index contributed by atoms with van der Waals surface area (Å²) >= 11 is 0. The van der Waals surface area contributed by atoms with Gasteiger partial charge in [0.25, 0.3) is 0 Å². The van der Waals surface area contributed by atoms with E-state index in [-0.39, 0.29) is 0 Å². The molecule has 0 atom stereocenters. The van der Waals surface area contributed by atoms with Gasteiger partial charge in [-0.05, 0) is 18.9 Å². The van der Waals surface area contributed by atoms with Gasteiger partial charge in [-0.25, -0.2) is 9.97 Å². The maximum atomic E-state index is 4.22. The first-order chi connectivity index (χ1) is 7.92. The number of rotatable bonds is 5. The van der Waals surface area contributed by atoms with Crippen molar-refractivity contribution in [1.29, 1.82) is 0 Å². The predicted molar refractivity (Wildman–Crippen MR) is 62.8 cm³/mol. The Morgan fingerprint density at radius 2 is 2.00 bits per heavy atom. The average Bonchev–Trinajstić information content (AvgIpc) is 2.79. The number of H-pyrrole nitrogens is 1. The molecule has 16 heavy (non-hydrogen) atoms. The summed E-state index contributed by atoms with van der Waals surface area (Å²) < 4.78 is 0. The van der Waals surface area contributed by atoms with Crippen molar-refractivity contribution in [3.8, 4) is 11.5 Å². The van der Waals surface area contributed by atoms with Crippen molar-refractivity contribution in [2.45, 2.75) is 32.6 Å². The van der Waals surface area contributed by atoms with Crippen LogP contribution in [0.2, 0.25) is 0 Å². The van der Waals surface area contributed by atoms with Crippen molar-refractivity contribution in [3.63, 3.8) is 0 Å². The number of nitrogens with zero attached hydrogens (tertiary/aromatic N) is 3. The van der Waals surface area contributed by atoms with Crippen LogP contribution in [0.25, 0.3) is 11.5 Å². The molecule has 4 heteroatoms. The van der Waals surface area contributed by atoms with Crippen LogP contribution in [0.5, 0.6) is 0 Å². The lowest BCUT2D eigenvalue weighted by Gasteiger charge is -2.00. The number of nitrogens with one attached hydrogen (secondary N) is 1. The first-order valence-corrected chi connectivity index (χ1v) is 5.72. The second-order valence-electron chi connectivity index (χ2n) is 3.79. The molecule has 0 aliphatic heterocycles. The van der Waals surface area contributed by atoms with E-state index in [1.165, 1.54) is 24.8 Å². The molecule has 84 valence electrons. The lowest BCUT2D eigenvalue weighted by Crippen LogP contribution is -1.92. The second-order valence-corrected chi connectivity index (χ2v) is 3.79. The van der Waals surface area contributed by atoms with E-state index < -0.39 is 0 Å². The van der Waals surface area contributed by atoms with Crippen LogP contribution in [-0.2, 0) is 6.42 Å². The molecular weight excluding hydrogens is 200 g/mol. The Labute approximate surface area is 95.1 Å². The van der Waals surface area contributed by atoms with Crippen LogP contribution >= 0.6 is 0 Å². The summed E-state index contributed by atoms with van der Waals surface area (Å²) in [5.74, 6) is 0.704. The van der Waals surface area contributed by atoms with Gasteiger partial charge in [0.15, 0.2) is 5.82 Å². The topological polar surface area (TPSA) is 54.5 Å². The van der Waals surface area contributed by atoms with Crippen LogP contribution < -0.4 is 0 Å². The van der Waals surface area contributed by atoms with Crippen LogP contribution in [0, 0.1) is 0 Å². The first kappa shape index (κ1) is 10.8. The minimum Gasteiger partial charge on any atom is -0.285 e. The van der Waals surface area contributed by atoms with Crippen molar-refractivity contribution < 1.29 is 0 Å². The normalized spacial score (nSPS) is 10.6. The molecule has 2 rings (SSSR count). The highest BCUT2D eigenvalue weighted by molar-refractivity contribution is 5.53. The molecule has 0 radical (unpaired) electrons. The van der Waals surface area contributed by atoms with Crippen molar-refractivity contribution in [2.24, 2.45) is 0 Å². The van der Waals surface area contributed by atoms with Gasteiger partial charge in [-0.2, -0.15) is 5.10 Å². The van der Waals surface area contributed by atoms with Crippen LogP contribution in [0.15, 0.2) is 24.7 Å². The molecule has 0 spiro atoms.